The van der Waals surface area contributed by atoms with Crippen LogP contribution in [0.25, 0.3) is 0 Å². The molecular weight excluding hydrogens is 404 g/mol. The molecule has 1 aromatic heterocycles. The second kappa shape index (κ2) is 9.12. The van der Waals surface area contributed by atoms with Crippen molar-refractivity contribution in [1.82, 2.24) is 10.3 Å². The number of carbonyl (C=O) groups excluding carboxylic acids is 1. The summed E-state index contributed by atoms with van der Waals surface area (Å²) in [5, 5.41) is 12.3. The van der Waals surface area contributed by atoms with Crippen LogP contribution in [0.3, 0.4) is 0 Å². The standard InChI is InChI=1S/C26H36N2O4/c29-24(30)23(28-25(31)26(12-13-26)19-7-8-19)11-14-32-21-15-17(16-21)5-9-20-10-6-18-3-1-2-4-22(18)27-20/h6,10,17,19,21,23H,1-5,7-9,11-16H2,(H,28,31)(H,29,30)/t17?,21?,23-/m0/s1. The Morgan fingerprint density at radius 1 is 1.19 bits per heavy atom. The molecule has 2 N–H and O–H groups in total. The lowest BCUT2D eigenvalue weighted by molar-refractivity contribution is -0.144. The zero-order valence-corrected chi connectivity index (χ0v) is 19.0. The number of carboxylic acids is 1. The number of nitrogens with one attached hydrogen (secondary N) is 1. The van der Waals surface area contributed by atoms with E-state index in [0.29, 0.717) is 24.9 Å². The number of hydrogen-bond acceptors (Lipinski definition) is 4. The van der Waals surface area contributed by atoms with Gasteiger partial charge in [-0.3, -0.25) is 9.78 Å². The average molecular weight is 441 g/mol. The molecule has 174 valence electrons. The lowest BCUT2D eigenvalue weighted by Gasteiger charge is -2.35. The fourth-order valence-corrected chi connectivity index (χ4v) is 5.67. The highest BCUT2D eigenvalue weighted by molar-refractivity contribution is 5.89. The Labute approximate surface area is 190 Å². The summed E-state index contributed by atoms with van der Waals surface area (Å²) < 4.78 is 5.93. The van der Waals surface area contributed by atoms with E-state index in [4.69, 9.17) is 9.72 Å². The van der Waals surface area contributed by atoms with Crippen molar-refractivity contribution >= 4 is 11.9 Å². The second-order valence-electron chi connectivity index (χ2n) is 10.6. The summed E-state index contributed by atoms with van der Waals surface area (Å²) in [6.45, 7) is 0.386. The summed E-state index contributed by atoms with van der Waals surface area (Å²) >= 11 is 0. The first-order valence-electron chi connectivity index (χ1n) is 12.7. The third-order valence-corrected chi connectivity index (χ3v) is 8.20. The van der Waals surface area contributed by atoms with Gasteiger partial charge in [-0.05, 0) is 101 Å². The third-order valence-electron chi connectivity index (χ3n) is 8.20. The van der Waals surface area contributed by atoms with Crippen LogP contribution >= 0.6 is 0 Å². The van der Waals surface area contributed by atoms with E-state index >= 15 is 0 Å². The molecule has 0 saturated heterocycles. The maximum absolute atomic E-state index is 12.6. The van der Waals surface area contributed by atoms with Gasteiger partial charge in [-0.25, -0.2) is 4.79 Å². The molecule has 1 atom stereocenters. The lowest BCUT2D eigenvalue weighted by atomic mass is 9.79. The van der Waals surface area contributed by atoms with Crippen molar-refractivity contribution in [2.24, 2.45) is 17.3 Å². The Kier molecular flexibility index (Phi) is 6.24. The number of aliphatic carboxylic acids is 1. The Morgan fingerprint density at radius 3 is 2.69 bits per heavy atom. The van der Waals surface area contributed by atoms with Crippen LogP contribution in [0.4, 0.5) is 0 Å². The van der Waals surface area contributed by atoms with Crippen LogP contribution in [0.5, 0.6) is 0 Å². The topological polar surface area (TPSA) is 88.5 Å². The average Bonchev–Trinajstić information content (AvgIpc) is 3.66. The van der Waals surface area contributed by atoms with Crippen LogP contribution < -0.4 is 5.32 Å². The predicted octanol–water partition coefficient (Wildman–Crippen LogP) is 3.84. The van der Waals surface area contributed by atoms with E-state index in [2.05, 4.69) is 17.4 Å². The van der Waals surface area contributed by atoms with E-state index < -0.39 is 12.0 Å². The van der Waals surface area contributed by atoms with Gasteiger partial charge < -0.3 is 15.2 Å². The number of carbonyl (C=O) groups is 2. The maximum atomic E-state index is 12.6. The third kappa shape index (κ3) is 4.85. The molecule has 3 fully saturated rings. The molecule has 1 amide bonds. The first-order valence-corrected chi connectivity index (χ1v) is 12.7. The van der Waals surface area contributed by atoms with Crippen LogP contribution in [0.2, 0.25) is 0 Å². The summed E-state index contributed by atoms with van der Waals surface area (Å²) in [4.78, 5) is 29.1. The molecule has 6 heteroatoms. The monoisotopic (exact) mass is 440 g/mol. The molecule has 0 unspecified atom stereocenters. The Hall–Kier alpha value is -1.95. The highest BCUT2D eigenvalue weighted by Gasteiger charge is 2.59. The van der Waals surface area contributed by atoms with Crippen LogP contribution in [0.1, 0.15) is 81.2 Å². The predicted molar refractivity (Wildman–Crippen MR) is 120 cm³/mol. The number of nitrogens with zero attached hydrogens (tertiary/aromatic N) is 1. The minimum atomic E-state index is -0.961. The molecule has 6 nitrogen and oxygen atoms in total. The molecular formula is C26H36N2O4. The molecule has 1 aromatic rings. The highest BCUT2D eigenvalue weighted by atomic mass is 16.5. The molecule has 0 aromatic carbocycles. The first kappa shape index (κ1) is 21.9. The summed E-state index contributed by atoms with van der Waals surface area (Å²) in [6.07, 6.45) is 13.7. The largest absolute Gasteiger partial charge is 0.480 e. The minimum absolute atomic E-state index is 0.0492. The molecule has 0 spiro atoms. The zero-order valence-electron chi connectivity index (χ0n) is 19.0. The molecule has 4 aliphatic carbocycles. The molecule has 3 saturated carbocycles. The molecule has 4 aliphatic rings. The summed E-state index contributed by atoms with van der Waals surface area (Å²) in [6, 6.07) is 3.63. The lowest BCUT2D eigenvalue weighted by Crippen LogP contribution is -2.45. The van der Waals surface area contributed by atoms with Gasteiger partial charge >= 0.3 is 5.97 Å². The zero-order chi connectivity index (χ0) is 22.1. The van der Waals surface area contributed by atoms with E-state index in [1.54, 1.807) is 0 Å². The Bertz CT molecular complexity index is 855. The number of carboxylic acid groups (broad SMARTS) is 1. The van der Waals surface area contributed by atoms with E-state index in [-0.39, 0.29) is 17.4 Å². The van der Waals surface area contributed by atoms with E-state index in [1.807, 2.05) is 0 Å². The fourth-order valence-electron chi connectivity index (χ4n) is 5.67. The van der Waals surface area contributed by atoms with Crippen molar-refractivity contribution in [3.63, 3.8) is 0 Å². The maximum Gasteiger partial charge on any atom is 0.326 e. The van der Waals surface area contributed by atoms with Crippen molar-refractivity contribution in [3.05, 3.63) is 29.1 Å². The van der Waals surface area contributed by atoms with Gasteiger partial charge in [0.25, 0.3) is 0 Å². The molecule has 0 aliphatic heterocycles. The van der Waals surface area contributed by atoms with Crippen LogP contribution in [0, 0.1) is 17.3 Å². The van der Waals surface area contributed by atoms with Gasteiger partial charge in [-0.2, -0.15) is 0 Å². The van der Waals surface area contributed by atoms with Gasteiger partial charge in [0.05, 0.1) is 11.5 Å². The number of aromatic nitrogens is 1. The van der Waals surface area contributed by atoms with Gasteiger partial charge in [0.2, 0.25) is 5.91 Å². The summed E-state index contributed by atoms with van der Waals surface area (Å²) in [7, 11) is 0. The normalized spacial score (nSPS) is 26.5. The SMILES string of the molecule is O=C(O)[C@H](CCOC1CC(CCc2ccc3c(n2)CCCC3)C1)NC(=O)C1(C2CC2)CC1. The number of rotatable bonds is 11. The number of aryl methyl sites for hydroxylation is 3. The summed E-state index contributed by atoms with van der Waals surface area (Å²) in [5.74, 6) is 0.141. The Balaban J connectivity index is 0.990. The van der Waals surface area contributed by atoms with Crippen molar-refractivity contribution in [1.29, 1.82) is 0 Å². The number of fused-ring (bicyclic) bond motifs is 1. The molecule has 32 heavy (non-hydrogen) atoms. The van der Waals surface area contributed by atoms with Crippen molar-refractivity contribution in [2.45, 2.75) is 95.6 Å². The van der Waals surface area contributed by atoms with Gasteiger partial charge in [0.1, 0.15) is 6.04 Å². The second-order valence-corrected chi connectivity index (χ2v) is 10.6. The first-order chi connectivity index (χ1) is 15.5. The number of pyridine rings is 1. The highest BCUT2D eigenvalue weighted by Crippen LogP contribution is 2.61. The molecule has 5 rings (SSSR count). The number of ether oxygens (including phenoxy) is 1. The van der Waals surface area contributed by atoms with Crippen molar-refractivity contribution in [3.8, 4) is 0 Å². The molecule has 1 heterocycles. The number of hydrogen-bond donors (Lipinski definition) is 2. The molecule has 0 radical (unpaired) electrons. The van der Waals surface area contributed by atoms with E-state index in [9.17, 15) is 14.7 Å². The Morgan fingerprint density at radius 2 is 1.97 bits per heavy atom. The van der Waals surface area contributed by atoms with E-state index in [0.717, 1.165) is 57.8 Å². The van der Waals surface area contributed by atoms with Crippen molar-refractivity contribution < 1.29 is 19.4 Å². The number of amides is 1. The van der Waals surface area contributed by atoms with Gasteiger partial charge in [-0.1, -0.05) is 6.07 Å². The van der Waals surface area contributed by atoms with Crippen LogP contribution in [-0.2, 0) is 33.6 Å². The van der Waals surface area contributed by atoms with Gasteiger partial charge in [0, 0.05) is 24.4 Å². The van der Waals surface area contributed by atoms with Gasteiger partial charge in [-0.15, -0.1) is 0 Å². The smallest absolute Gasteiger partial charge is 0.326 e. The van der Waals surface area contributed by atoms with Crippen LogP contribution in [-0.4, -0.2) is 40.7 Å². The van der Waals surface area contributed by atoms with Crippen LogP contribution in [0.15, 0.2) is 12.1 Å². The fraction of sp³-hybridized carbons (Fsp3) is 0.731. The summed E-state index contributed by atoms with van der Waals surface area (Å²) in [5.41, 5.74) is 3.72. The quantitative estimate of drug-likeness (QED) is 0.546. The van der Waals surface area contributed by atoms with Gasteiger partial charge in [0.15, 0.2) is 0 Å². The van der Waals surface area contributed by atoms with E-state index in [1.165, 1.54) is 36.2 Å². The van der Waals surface area contributed by atoms with Crippen molar-refractivity contribution in [2.75, 3.05) is 6.61 Å². The molecule has 0 bridgehead atoms. The minimum Gasteiger partial charge on any atom is -0.480 e.